The summed E-state index contributed by atoms with van der Waals surface area (Å²) in [6.07, 6.45) is 4.32. The second-order valence-corrected chi connectivity index (χ2v) is 5.28. The van der Waals surface area contributed by atoms with Crippen LogP contribution < -0.4 is 14.7 Å². The van der Waals surface area contributed by atoms with E-state index in [-0.39, 0.29) is 5.82 Å². The molecule has 22 heavy (non-hydrogen) atoms. The van der Waals surface area contributed by atoms with Crippen LogP contribution in [-0.2, 0) is 0 Å². The normalized spacial score (nSPS) is 15.0. The zero-order valence-corrected chi connectivity index (χ0v) is 12.6. The zero-order valence-electron chi connectivity index (χ0n) is 12.6. The smallest absolute Gasteiger partial charge is 0.227 e. The van der Waals surface area contributed by atoms with E-state index in [2.05, 4.69) is 24.8 Å². The third-order valence-electron chi connectivity index (χ3n) is 3.60. The molecular weight excluding hydrogens is 285 g/mol. The van der Waals surface area contributed by atoms with Gasteiger partial charge in [-0.1, -0.05) is 0 Å². The van der Waals surface area contributed by atoms with Gasteiger partial charge in [0.2, 0.25) is 5.95 Å². The summed E-state index contributed by atoms with van der Waals surface area (Å²) in [5, 5.41) is 0. The molecule has 0 atom stereocenters. The van der Waals surface area contributed by atoms with Crippen molar-refractivity contribution in [3.63, 3.8) is 0 Å². The van der Waals surface area contributed by atoms with Gasteiger partial charge < -0.3 is 14.7 Å². The van der Waals surface area contributed by atoms with Crippen LogP contribution in [0.2, 0.25) is 0 Å². The van der Waals surface area contributed by atoms with E-state index in [0.29, 0.717) is 24.9 Å². The average Bonchev–Trinajstić information content (AvgIpc) is 2.56. The standard InChI is InChI=1S/C14H18FN7/c1-20(2)12-3-4-17-14(19-12)22-7-5-21(6-8-22)13-11(15)9-16-10-18-13/h3-4,9-10H,5-8H2,1-2H3. The third-order valence-corrected chi connectivity index (χ3v) is 3.60. The molecule has 1 aliphatic rings. The first-order valence-corrected chi connectivity index (χ1v) is 7.11. The van der Waals surface area contributed by atoms with Crippen LogP contribution in [0.5, 0.6) is 0 Å². The van der Waals surface area contributed by atoms with Crippen LogP contribution in [0, 0.1) is 5.82 Å². The van der Waals surface area contributed by atoms with Crippen LogP contribution in [0.15, 0.2) is 24.8 Å². The SMILES string of the molecule is CN(C)c1ccnc(N2CCN(c3ncncc3F)CC2)n1. The van der Waals surface area contributed by atoms with E-state index in [1.165, 1.54) is 12.5 Å². The molecule has 8 heteroatoms. The van der Waals surface area contributed by atoms with Gasteiger partial charge in [-0.15, -0.1) is 0 Å². The highest BCUT2D eigenvalue weighted by molar-refractivity contribution is 5.45. The molecule has 0 bridgehead atoms. The molecule has 116 valence electrons. The molecule has 0 amide bonds. The Hall–Kier alpha value is -2.51. The van der Waals surface area contributed by atoms with Crippen LogP contribution in [0.25, 0.3) is 0 Å². The average molecular weight is 303 g/mol. The second kappa shape index (κ2) is 6.08. The zero-order chi connectivity index (χ0) is 15.5. The lowest BCUT2D eigenvalue weighted by Crippen LogP contribution is -2.47. The minimum atomic E-state index is -0.387. The van der Waals surface area contributed by atoms with Crippen molar-refractivity contribution < 1.29 is 4.39 Å². The molecule has 0 radical (unpaired) electrons. The van der Waals surface area contributed by atoms with Crippen LogP contribution in [0.1, 0.15) is 0 Å². The number of halogens is 1. The van der Waals surface area contributed by atoms with Crippen molar-refractivity contribution in [1.82, 2.24) is 19.9 Å². The lowest BCUT2D eigenvalue weighted by molar-refractivity contribution is 0.579. The number of piperazine rings is 1. The summed E-state index contributed by atoms with van der Waals surface area (Å²) in [5.74, 6) is 1.54. The van der Waals surface area contributed by atoms with E-state index >= 15 is 0 Å². The molecule has 7 nitrogen and oxygen atoms in total. The molecule has 0 spiro atoms. The Morgan fingerprint density at radius 3 is 2.50 bits per heavy atom. The Morgan fingerprint density at radius 2 is 1.82 bits per heavy atom. The van der Waals surface area contributed by atoms with Crippen molar-refractivity contribution in [2.75, 3.05) is 55.0 Å². The number of aromatic nitrogens is 4. The summed E-state index contributed by atoms with van der Waals surface area (Å²) in [4.78, 5) is 22.5. The van der Waals surface area contributed by atoms with Gasteiger partial charge in [0.05, 0.1) is 6.20 Å². The molecule has 0 aliphatic carbocycles. The highest BCUT2D eigenvalue weighted by Gasteiger charge is 2.22. The van der Waals surface area contributed by atoms with Crippen LogP contribution in [0.4, 0.5) is 22.0 Å². The summed E-state index contributed by atoms with van der Waals surface area (Å²) in [5.41, 5.74) is 0. The minimum Gasteiger partial charge on any atom is -0.363 e. The van der Waals surface area contributed by atoms with Crippen molar-refractivity contribution in [1.29, 1.82) is 0 Å². The fourth-order valence-corrected chi connectivity index (χ4v) is 2.40. The lowest BCUT2D eigenvalue weighted by atomic mass is 10.3. The molecule has 0 aromatic carbocycles. The van der Waals surface area contributed by atoms with Gasteiger partial charge in [0, 0.05) is 46.5 Å². The lowest BCUT2D eigenvalue weighted by Gasteiger charge is -2.35. The van der Waals surface area contributed by atoms with E-state index < -0.39 is 0 Å². The molecule has 2 aromatic heterocycles. The maximum atomic E-state index is 13.7. The molecule has 0 N–H and O–H groups in total. The van der Waals surface area contributed by atoms with Crippen molar-refractivity contribution >= 4 is 17.6 Å². The first-order valence-electron chi connectivity index (χ1n) is 7.11. The third kappa shape index (κ3) is 2.90. The van der Waals surface area contributed by atoms with E-state index in [9.17, 15) is 4.39 Å². The van der Waals surface area contributed by atoms with Gasteiger partial charge >= 0.3 is 0 Å². The Labute approximate surface area is 128 Å². The fraction of sp³-hybridized carbons (Fsp3) is 0.429. The first-order chi connectivity index (χ1) is 10.6. The predicted octanol–water partition coefficient (Wildman–Crippen LogP) is 0.798. The summed E-state index contributed by atoms with van der Waals surface area (Å²) in [7, 11) is 3.89. The van der Waals surface area contributed by atoms with Gasteiger partial charge in [-0.2, -0.15) is 4.98 Å². The van der Waals surface area contributed by atoms with Crippen LogP contribution in [-0.4, -0.2) is 60.2 Å². The van der Waals surface area contributed by atoms with Gasteiger partial charge in [-0.3, -0.25) is 0 Å². The van der Waals surface area contributed by atoms with E-state index in [1.54, 1.807) is 6.20 Å². The van der Waals surface area contributed by atoms with Crippen molar-refractivity contribution in [3.05, 3.63) is 30.6 Å². The second-order valence-electron chi connectivity index (χ2n) is 5.28. The maximum absolute atomic E-state index is 13.7. The van der Waals surface area contributed by atoms with Gasteiger partial charge in [-0.25, -0.2) is 19.3 Å². The summed E-state index contributed by atoms with van der Waals surface area (Å²) in [6, 6.07) is 1.87. The summed E-state index contributed by atoms with van der Waals surface area (Å²) >= 11 is 0. The molecule has 1 fully saturated rings. The Balaban J connectivity index is 1.69. The Morgan fingerprint density at radius 1 is 1.09 bits per heavy atom. The quantitative estimate of drug-likeness (QED) is 0.831. The number of nitrogens with zero attached hydrogens (tertiary/aromatic N) is 7. The maximum Gasteiger partial charge on any atom is 0.227 e. The molecule has 1 saturated heterocycles. The number of anilines is 3. The van der Waals surface area contributed by atoms with Crippen LogP contribution in [0.3, 0.4) is 0 Å². The molecule has 3 heterocycles. The van der Waals surface area contributed by atoms with Crippen molar-refractivity contribution in [3.8, 4) is 0 Å². The fourth-order valence-electron chi connectivity index (χ4n) is 2.40. The molecule has 0 saturated carbocycles. The van der Waals surface area contributed by atoms with Crippen molar-refractivity contribution in [2.24, 2.45) is 0 Å². The summed E-state index contributed by atoms with van der Waals surface area (Å²) in [6.45, 7) is 2.79. The van der Waals surface area contributed by atoms with Crippen molar-refractivity contribution in [2.45, 2.75) is 0 Å². The van der Waals surface area contributed by atoms with Gasteiger partial charge in [-0.05, 0) is 6.07 Å². The monoisotopic (exact) mass is 303 g/mol. The topological polar surface area (TPSA) is 61.3 Å². The molecule has 0 unspecified atom stereocenters. The molecular formula is C14H18FN7. The molecule has 2 aromatic rings. The van der Waals surface area contributed by atoms with Gasteiger partial charge in [0.15, 0.2) is 11.6 Å². The largest absolute Gasteiger partial charge is 0.363 e. The van der Waals surface area contributed by atoms with E-state index in [4.69, 9.17) is 0 Å². The molecule has 1 aliphatic heterocycles. The Kier molecular flexibility index (Phi) is 3.99. The van der Waals surface area contributed by atoms with Crippen LogP contribution >= 0.6 is 0 Å². The molecule has 3 rings (SSSR count). The first kappa shape index (κ1) is 14.4. The summed E-state index contributed by atoms with van der Waals surface area (Å²) < 4.78 is 13.7. The number of hydrogen-bond acceptors (Lipinski definition) is 7. The highest BCUT2D eigenvalue weighted by atomic mass is 19.1. The van der Waals surface area contributed by atoms with E-state index in [1.807, 2.05) is 30.0 Å². The number of hydrogen-bond donors (Lipinski definition) is 0. The van der Waals surface area contributed by atoms with Gasteiger partial charge in [0.25, 0.3) is 0 Å². The number of rotatable bonds is 3. The predicted molar refractivity (Wildman–Crippen MR) is 82.8 cm³/mol. The Bertz CT molecular complexity index is 641. The highest BCUT2D eigenvalue weighted by Crippen LogP contribution is 2.19. The minimum absolute atomic E-state index is 0.359. The van der Waals surface area contributed by atoms with E-state index in [0.717, 1.165) is 18.9 Å². The van der Waals surface area contributed by atoms with Gasteiger partial charge in [0.1, 0.15) is 12.1 Å².